The van der Waals surface area contributed by atoms with Crippen LogP contribution >= 0.6 is 0 Å². The van der Waals surface area contributed by atoms with Gasteiger partial charge in [0.2, 0.25) is 0 Å². The summed E-state index contributed by atoms with van der Waals surface area (Å²) in [4.78, 5) is 21.5. The first kappa shape index (κ1) is 38.1. The molecule has 0 fully saturated rings. The first-order valence-corrected chi connectivity index (χ1v) is 18.0. The number of phenolic OH excluding ortho intramolecular Hbond substituents is 1. The molecule has 7 rings (SSSR count). The van der Waals surface area contributed by atoms with E-state index in [4.69, 9.17) is 23.7 Å². The molecule has 0 amide bonds. The number of rotatable bonds is 6. The monoisotopic (exact) mass is 758 g/mol. The molecule has 6 aromatic carbocycles. The zero-order chi connectivity index (χ0) is 38.9. The Kier molecular flexibility index (Phi) is 12.2. The summed E-state index contributed by atoms with van der Waals surface area (Å²) >= 11 is 0. The average molecular weight is 759 g/mol. The number of aromatic hydroxyl groups is 1. The van der Waals surface area contributed by atoms with E-state index in [1.54, 1.807) is 12.1 Å². The highest BCUT2D eigenvalue weighted by atomic mass is 16.6. The number of nitrogens with zero attached hydrogens (tertiary/aromatic N) is 4. The fourth-order valence-electron chi connectivity index (χ4n) is 6.66. The van der Waals surface area contributed by atoms with Crippen molar-refractivity contribution < 1.29 is 38.6 Å². The molecule has 1 unspecified atom stereocenters. The molecule has 1 aliphatic rings. The van der Waals surface area contributed by atoms with Gasteiger partial charge in [0.25, 0.3) is 5.69 Å². The smallest absolute Gasteiger partial charge is 0.303 e. The second-order valence-corrected chi connectivity index (χ2v) is 13.0. The maximum absolute atomic E-state index is 11.8. The molecule has 1 N–H and O–H groups in total. The summed E-state index contributed by atoms with van der Waals surface area (Å²) in [6, 6.07) is 34.2. The average Bonchev–Trinajstić information content (AvgIpc) is 3.21. The third-order valence-corrected chi connectivity index (χ3v) is 9.38. The van der Waals surface area contributed by atoms with Crippen molar-refractivity contribution >= 4 is 44.3 Å². The lowest BCUT2D eigenvalue weighted by molar-refractivity contribution is -0.393. The van der Waals surface area contributed by atoms with Crippen molar-refractivity contribution in [1.82, 2.24) is 0 Å². The van der Waals surface area contributed by atoms with Crippen molar-refractivity contribution in [2.45, 2.75) is 25.4 Å². The Morgan fingerprint density at radius 3 is 1.66 bits per heavy atom. The lowest BCUT2D eigenvalue weighted by Gasteiger charge is -2.22. The van der Waals surface area contributed by atoms with E-state index in [-0.39, 0.29) is 56.8 Å². The maximum atomic E-state index is 11.8. The molecule has 0 spiro atoms. The molecule has 56 heavy (non-hydrogen) atoms. The van der Waals surface area contributed by atoms with Crippen LogP contribution in [0.4, 0.5) is 22.7 Å². The first-order valence-electron chi connectivity index (χ1n) is 18.0. The molecular weight excluding hydrogens is 720 g/mol. The molecule has 2 atom stereocenters. The fraction of sp³-hybridized carbons (Fsp3) is 0.238. The van der Waals surface area contributed by atoms with Crippen LogP contribution in [-0.2, 0) is 36.9 Å². The lowest BCUT2D eigenvalue weighted by atomic mass is 10.0. The SMILES string of the molecule is O=[N+]([O-])c1ccc(N=Nc2cc3c(O)c(c2)COC[C@H](c2cccc4ccccc24)OCCOCCOC(c2cccc4ccccc24)COC3)c([N+](=O)[O-])c1. The quantitative estimate of drug-likeness (QED) is 0.0977. The largest absolute Gasteiger partial charge is 0.507 e. The number of azo groups is 1. The highest BCUT2D eigenvalue weighted by Crippen LogP contribution is 2.36. The van der Waals surface area contributed by atoms with E-state index in [1.807, 2.05) is 84.9 Å². The first-order chi connectivity index (χ1) is 27.4. The summed E-state index contributed by atoms with van der Waals surface area (Å²) < 4.78 is 31.1. The van der Waals surface area contributed by atoms with Crippen LogP contribution in [0, 0.1) is 20.2 Å². The molecular formula is C42H38N4O10. The van der Waals surface area contributed by atoms with Crippen molar-refractivity contribution in [2.75, 3.05) is 39.6 Å². The van der Waals surface area contributed by atoms with Crippen LogP contribution in [0.5, 0.6) is 5.75 Å². The highest BCUT2D eigenvalue weighted by Gasteiger charge is 2.22. The summed E-state index contributed by atoms with van der Waals surface area (Å²) in [5, 5.41) is 47.0. The Labute approximate surface area is 321 Å². The molecule has 0 saturated carbocycles. The van der Waals surface area contributed by atoms with Crippen LogP contribution in [0.25, 0.3) is 21.5 Å². The predicted octanol–water partition coefficient (Wildman–Crippen LogP) is 9.51. The van der Waals surface area contributed by atoms with Crippen LogP contribution in [-0.4, -0.2) is 54.6 Å². The maximum Gasteiger partial charge on any atom is 0.303 e. The molecule has 6 aromatic rings. The summed E-state index contributed by atoms with van der Waals surface area (Å²) in [6.07, 6.45) is -0.961. The zero-order valence-corrected chi connectivity index (χ0v) is 30.2. The standard InChI is InChI=1S/C42H38N4O10/c47-42-30-21-32(43-44-38-16-15-33(45(48)49)23-39(38)46(50)51)22-31(42)25-54-27-41(37-14-6-10-29-8-2-4-12-35(29)37)56-20-18-52-17-19-55-40(26-53-24-30)36-13-5-9-28-7-1-3-11-34(28)36/h1-16,21-23,40-41,47H,17-20,24-27H2/t40-,41?/m1/s1. The molecule has 1 aliphatic heterocycles. The van der Waals surface area contributed by atoms with Gasteiger partial charge in [-0.05, 0) is 50.9 Å². The molecule has 2 bridgehead atoms. The van der Waals surface area contributed by atoms with Gasteiger partial charge in [-0.2, -0.15) is 5.11 Å². The highest BCUT2D eigenvalue weighted by molar-refractivity contribution is 5.86. The minimum absolute atomic E-state index is 0.0528. The second-order valence-electron chi connectivity index (χ2n) is 13.0. The van der Waals surface area contributed by atoms with E-state index >= 15 is 0 Å². The van der Waals surface area contributed by atoms with Gasteiger partial charge in [0.15, 0.2) is 5.69 Å². The van der Waals surface area contributed by atoms with Gasteiger partial charge in [0.05, 0.1) is 74.5 Å². The summed E-state index contributed by atoms with van der Waals surface area (Å²) in [7, 11) is 0. The number of fused-ring (bicyclic) bond motifs is 4. The van der Waals surface area contributed by atoms with E-state index in [1.165, 1.54) is 0 Å². The van der Waals surface area contributed by atoms with Crippen molar-refractivity contribution in [1.29, 1.82) is 0 Å². The second kappa shape index (κ2) is 18.0. The zero-order valence-electron chi connectivity index (χ0n) is 30.2. The molecule has 0 aromatic heterocycles. The van der Waals surface area contributed by atoms with Gasteiger partial charge in [-0.3, -0.25) is 20.2 Å². The number of non-ortho nitro benzene ring substituents is 1. The molecule has 1 heterocycles. The van der Waals surface area contributed by atoms with Gasteiger partial charge in [-0.25, -0.2) is 0 Å². The van der Waals surface area contributed by atoms with Crippen LogP contribution in [0.3, 0.4) is 0 Å². The Morgan fingerprint density at radius 2 is 1.12 bits per heavy atom. The van der Waals surface area contributed by atoms with E-state index in [2.05, 4.69) is 10.2 Å². The third kappa shape index (κ3) is 9.03. The number of phenols is 1. The number of nitro groups is 2. The lowest BCUT2D eigenvalue weighted by Crippen LogP contribution is -2.18. The minimum Gasteiger partial charge on any atom is -0.507 e. The summed E-state index contributed by atoms with van der Waals surface area (Å²) in [5.41, 5.74) is 1.62. The molecule has 14 heteroatoms. The van der Waals surface area contributed by atoms with E-state index in [0.29, 0.717) is 24.3 Å². The Balaban J connectivity index is 1.21. The fourth-order valence-corrected chi connectivity index (χ4v) is 6.66. The summed E-state index contributed by atoms with van der Waals surface area (Å²) in [6.45, 7) is 1.38. The van der Waals surface area contributed by atoms with Crippen molar-refractivity contribution in [2.24, 2.45) is 10.2 Å². The van der Waals surface area contributed by atoms with Crippen molar-refractivity contribution in [3.05, 3.63) is 158 Å². The number of nitro benzene ring substituents is 2. The molecule has 0 radical (unpaired) electrons. The Hall–Kier alpha value is -6.16. The molecule has 286 valence electrons. The van der Waals surface area contributed by atoms with Gasteiger partial charge in [-0.1, -0.05) is 84.9 Å². The predicted molar refractivity (Wildman–Crippen MR) is 207 cm³/mol. The Morgan fingerprint density at radius 1 is 0.589 bits per heavy atom. The minimum atomic E-state index is -0.759. The Bertz CT molecular complexity index is 2260. The van der Waals surface area contributed by atoms with Crippen molar-refractivity contribution in [3.63, 3.8) is 0 Å². The van der Waals surface area contributed by atoms with Crippen LogP contribution < -0.4 is 0 Å². The van der Waals surface area contributed by atoms with Gasteiger partial charge in [0, 0.05) is 17.2 Å². The van der Waals surface area contributed by atoms with E-state index < -0.39 is 33.4 Å². The third-order valence-electron chi connectivity index (χ3n) is 9.38. The number of hydrogen-bond donors (Lipinski definition) is 1. The normalized spacial score (nSPS) is 17.7. The van der Waals surface area contributed by atoms with E-state index in [0.717, 1.165) is 50.9 Å². The van der Waals surface area contributed by atoms with Gasteiger partial charge in [-0.15, -0.1) is 5.11 Å². The molecule has 14 nitrogen and oxygen atoms in total. The molecule has 0 saturated heterocycles. The molecule has 0 aliphatic carbocycles. The van der Waals surface area contributed by atoms with Gasteiger partial charge >= 0.3 is 5.69 Å². The topological polar surface area (TPSA) is 177 Å². The van der Waals surface area contributed by atoms with Gasteiger partial charge in [0.1, 0.15) is 18.0 Å². The van der Waals surface area contributed by atoms with Gasteiger partial charge < -0.3 is 28.8 Å². The number of ether oxygens (including phenoxy) is 5. The van der Waals surface area contributed by atoms with Crippen LogP contribution in [0.1, 0.15) is 34.5 Å². The number of hydrogen-bond acceptors (Lipinski definition) is 12. The van der Waals surface area contributed by atoms with Crippen molar-refractivity contribution in [3.8, 4) is 5.75 Å². The summed E-state index contributed by atoms with van der Waals surface area (Å²) in [5.74, 6) is -0.0787. The van der Waals surface area contributed by atoms with Crippen LogP contribution in [0.15, 0.2) is 125 Å². The van der Waals surface area contributed by atoms with E-state index in [9.17, 15) is 25.3 Å². The van der Waals surface area contributed by atoms with Crippen LogP contribution in [0.2, 0.25) is 0 Å². The number of benzene rings is 6.